The fraction of sp³-hybridized carbons (Fsp3) is 0.400. The predicted molar refractivity (Wildman–Crippen MR) is 175 cm³/mol. The monoisotopic (exact) mass is 1260 g/mol. The first-order valence-electron chi connectivity index (χ1n) is 9.67. The smallest absolute Gasteiger partial charge is 1.00 e. The first-order valence-corrected chi connectivity index (χ1v) is 42.6. The van der Waals surface area contributed by atoms with Crippen LogP contribution >= 0.6 is 56.5 Å². The van der Waals surface area contributed by atoms with E-state index >= 15 is 0 Å². The summed E-state index contributed by atoms with van der Waals surface area (Å²) in [6.45, 7) is 26.4. The summed E-state index contributed by atoms with van der Waals surface area (Å²) in [5, 5.41) is 0. The van der Waals surface area contributed by atoms with Gasteiger partial charge in [0.15, 0.2) is 0 Å². The summed E-state index contributed by atoms with van der Waals surface area (Å²) in [5.41, 5.74) is 0. The zero-order valence-corrected chi connectivity index (χ0v) is 42.8. The van der Waals surface area contributed by atoms with E-state index in [1.807, 2.05) is 26.0 Å². The molecular formula is C25H47Cl6K2LiO2Pt3. The van der Waals surface area contributed by atoms with Crippen LogP contribution in [0.2, 0.25) is 0 Å². The van der Waals surface area contributed by atoms with Crippen LogP contribution in [0.4, 0.5) is 0 Å². The Balaban J connectivity index is -0.0000000183. The maximum absolute atomic E-state index is 5.01. The van der Waals surface area contributed by atoms with Crippen LogP contribution in [-0.2, 0) is 54.2 Å². The molecule has 0 unspecified atom stereocenters. The number of hydrogen-bond acceptors (Lipinski definition) is 1. The number of rotatable bonds is 11. The van der Waals surface area contributed by atoms with E-state index in [-0.39, 0.29) is 67.7 Å². The minimum Gasteiger partial charge on any atom is 1.00 e. The quantitative estimate of drug-likeness (QED) is 0.0913. The molecular weight excluding hydrogens is 1220 g/mol. The molecule has 0 aliphatic rings. The standard InChI is InChI=1S/C6H10.2C6H8.C4H10O.3CH3.6ClH.2K.Li.H2O.3Pt/c3*1-3-5-6-4-2;1-3-5-4-2;;;;;;;;;;;;;;;;/h3-4H,1-2,5-6H2;2*1-2,5-6H2;3-4H2,1-2H3;3*1H3;6*1H;;;;1H2;;;/q;2*-2;;3*-1;;;;;;;;;+1;;3*+4/p-6. The summed E-state index contributed by atoms with van der Waals surface area (Å²) < 4.78 is 4.83. The number of halogens is 6. The van der Waals surface area contributed by atoms with Crippen molar-refractivity contribution in [3.63, 3.8) is 0 Å². The average Bonchev–Trinajstić information content (AvgIpc) is 2.77. The van der Waals surface area contributed by atoms with Crippen molar-refractivity contribution >= 4 is 120 Å². The molecule has 2 nitrogen and oxygen atoms in total. The molecule has 0 aromatic rings. The number of allylic oxidation sites excluding steroid dienone is 6. The van der Waals surface area contributed by atoms with Crippen molar-refractivity contribution in [3.05, 3.63) is 98.2 Å². The third-order valence-electron chi connectivity index (χ3n) is 1.94. The van der Waals surface area contributed by atoms with Gasteiger partial charge in [-0.2, -0.15) is 0 Å². The maximum Gasteiger partial charge on any atom is 4.00 e. The van der Waals surface area contributed by atoms with Crippen molar-refractivity contribution in [1.82, 2.24) is 0 Å². The Morgan fingerprint density at radius 3 is 0.923 bits per heavy atom. The Morgan fingerprint density at radius 1 is 0.718 bits per heavy atom. The minimum absolute atomic E-state index is 0. The molecule has 0 fully saturated rings. The molecule has 0 spiro atoms. The topological polar surface area (TPSA) is 40.7 Å². The Morgan fingerprint density at radius 2 is 0.872 bits per heavy atom. The van der Waals surface area contributed by atoms with E-state index in [0.29, 0.717) is 0 Å². The minimum atomic E-state index is -3.06. The molecule has 14 heteroatoms. The summed E-state index contributed by atoms with van der Waals surface area (Å²) in [5.74, 6) is 0. The molecule has 0 aromatic carbocycles. The van der Waals surface area contributed by atoms with Crippen LogP contribution in [0.3, 0.4) is 0 Å². The fourth-order valence-corrected chi connectivity index (χ4v) is 0.793. The molecule has 0 rings (SSSR count). The summed E-state index contributed by atoms with van der Waals surface area (Å²) in [6, 6.07) is 0. The van der Waals surface area contributed by atoms with Crippen molar-refractivity contribution in [2.75, 3.05) is 13.2 Å². The molecule has 0 aromatic heterocycles. The van der Waals surface area contributed by atoms with Crippen molar-refractivity contribution in [2.24, 2.45) is 0 Å². The van der Waals surface area contributed by atoms with E-state index in [1.165, 1.54) is 63.2 Å². The summed E-state index contributed by atoms with van der Waals surface area (Å²) in [7, 11) is 29.8. The second-order valence-electron chi connectivity index (χ2n) is 4.25. The van der Waals surface area contributed by atoms with Crippen LogP contribution in [-0.4, -0.2) is 81.8 Å². The first-order chi connectivity index (χ1) is 15.6. The van der Waals surface area contributed by atoms with Gasteiger partial charge in [-0.15, -0.1) is 13.2 Å². The first kappa shape index (κ1) is 85.1. The Bertz CT molecular complexity index is 320. The van der Waals surface area contributed by atoms with Gasteiger partial charge in [0.1, 0.15) is 0 Å². The molecule has 0 bridgehead atoms. The Labute approximate surface area is 353 Å². The van der Waals surface area contributed by atoms with Crippen molar-refractivity contribution in [1.29, 1.82) is 0 Å². The SMILES string of the molecule is C=CCCC=C.C=[C-]CC[C-]=C.C=[C-]CC[C-]=C.CCOCC.O.[CH3-].[CH3-].[CH3-].[Cl][Pt+2][Cl].[Cl][Pt]([Cl])([Cl])[Cl].[K][K].[Li+].[Pt+4]. The molecule has 0 atom stereocenters. The van der Waals surface area contributed by atoms with Crippen LogP contribution in [0, 0.1) is 46.6 Å². The molecule has 0 saturated carbocycles. The molecule has 2 N–H and O–H groups in total. The molecule has 0 aliphatic heterocycles. The molecule has 0 aliphatic carbocycles. The van der Waals surface area contributed by atoms with Crippen LogP contribution in [0.1, 0.15) is 52.4 Å². The van der Waals surface area contributed by atoms with Crippen molar-refractivity contribution in [3.8, 4) is 0 Å². The average molecular weight is 1260 g/mol. The summed E-state index contributed by atoms with van der Waals surface area (Å²) in [6.07, 6.45) is 20.3. The molecule has 0 saturated heterocycles. The van der Waals surface area contributed by atoms with Gasteiger partial charge in [0.25, 0.3) is 0 Å². The summed E-state index contributed by atoms with van der Waals surface area (Å²) >= 11 is -1.03. The van der Waals surface area contributed by atoms with Gasteiger partial charge in [-0.25, -0.2) is 25.7 Å². The Hall–Kier alpha value is 6.04. The second kappa shape index (κ2) is 104. The number of unbranched alkanes of at least 4 members (excludes halogenated alkanes) is 3. The molecule has 234 valence electrons. The largest absolute Gasteiger partial charge is 4.00 e. The third-order valence-corrected chi connectivity index (χ3v) is 1.94. The van der Waals surface area contributed by atoms with E-state index in [1.54, 1.807) is 0 Å². The number of hydrogen-bond donors (Lipinski definition) is 0. The van der Waals surface area contributed by atoms with Crippen LogP contribution in [0.5, 0.6) is 0 Å². The van der Waals surface area contributed by atoms with Crippen LogP contribution < -0.4 is 18.9 Å². The van der Waals surface area contributed by atoms with Crippen molar-refractivity contribution in [2.45, 2.75) is 52.4 Å². The fourth-order valence-electron chi connectivity index (χ4n) is 0.793. The van der Waals surface area contributed by atoms with Gasteiger partial charge in [0, 0.05) is 13.2 Å². The zero-order chi connectivity index (χ0) is 27.8. The number of ether oxygens (including phenoxy) is 1. The van der Waals surface area contributed by atoms with E-state index < -0.39 is 28.4 Å². The maximum atomic E-state index is 5.01. The van der Waals surface area contributed by atoms with Crippen LogP contribution in [0.15, 0.2) is 51.6 Å². The summed E-state index contributed by atoms with van der Waals surface area (Å²) in [4.78, 5) is 0. The Kier molecular flexibility index (Phi) is 226. The van der Waals surface area contributed by atoms with Gasteiger partial charge in [0.05, 0.1) is 0 Å². The second-order valence-corrected chi connectivity index (χ2v) is 27.2. The molecule has 0 heterocycles. The van der Waals surface area contributed by atoms with Gasteiger partial charge in [-0.1, -0.05) is 12.2 Å². The van der Waals surface area contributed by atoms with Gasteiger partial charge in [0.2, 0.25) is 0 Å². The molecule has 0 amide bonds. The van der Waals surface area contributed by atoms with Crippen LogP contribution in [0.25, 0.3) is 0 Å². The molecule has 0 radical (unpaired) electrons. The van der Waals surface area contributed by atoms with E-state index in [4.69, 9.17) is 61.2 Å². The zero-order valence-electron chi connectivity index (χ0n) is 25.2. The van der Waals surface area contributed by atoms with Gasteiger partial charge < -0.3 is 56.8 Å². The van der Waals surface area contributed by atoms with Crippen molar-refractivity contribution < 1.29 is 78.5 Å². The van der Waals surface area contributed by atoms with E-state index in [9.17, 15) is 0 Å². The molecule has 39 heavy (non-hydrogen) atoms. The van der Waals surface area contributed by atoms with Gasteiger partial charge in [-0.3, -0.25) is 26.3 Å². The normalized spacial score (nSPS) is 7.18. The van der Waals surface area contributed by atoms with Gasteiger partial charge >= 0.3 is 188 Å². The predicted octanol–water partition coefficient (Wildman–Crippen LogP) is 7.57. The van der Waals surface area contributed by atoms with E-state index in [2.05, 4.69) is 63.8 Å². The third kappa shape index (κ3) is 268. The van der Waals surface area contributed by atoms with Gasteiger partial charge in [-0.05, 0) is 26.7 Å². The van der Waals surface area contributed by atoms with E-state index in [0.717, 1.165) is 51.7 Å².